The summed E-state index contributed by atoms with van der Waals surface area (Å²) in [6, 6.07) is 17.9. The van der Waals surface area contributed by atoms with Crippen LogP contribution >= 0.6 is 0 Å². The zero-order valence-corrected chi connectivity index (χ0v) is 13.9. The predicted octanol–water partition coefficient (Wildman–Crippen LogP) is 3.55. The zero-order chi connectivity index (χ0) is 16.9. The van der Waals surface area contributed by atoms with Crippen molar-refractivity contribution in [3.8, 4) is 11.1 Å². The van der Waals surface area contributed by atoms with E-state index in [2.05, 4.69) is 5.32 Å². The Balaban J connectivity index is 1.71. The van der Waals surface area contributed by atoms with Crippen molar-refractivity contribution in [3.63, 3.8) is 0 Å². The van der Waals surface area contributed by atoms with Gasteiger partial charge in [-0.15, -0.1) is 0 Å². The molecule has 0 saturated carbocycles. The number of carbonyl (C=O) groups is 2. The largest absolute Gasteiger partial charge is 0.343 e. The van der Waals surface area contributed by atoms with Crippen LogP contribution in [-0.4, -0.2) is 29.8 Å². The fourth-order valence-electron chi connectivity index (χ4n) is 3.15. The molecule has 0 radical (unpaired) electrons. The number of likely N-dealkylation sites (tertiary alicyclic amines) is 1. The quantitative estimate of drug-likeness (QED) is 0.939. The average molecular weight is 322 g/mol. The molecule has 1 N–H and O–H groups in total. The zero-order valence-electron chi connectivity index (χ0n) is 13.9. The highest BCUT2D eigenvalue weighted by atomic mass is 16.2. The third-order valence-electron chi connectivity index (χ3n) is 4.58. The molecule has 124 valence electrons. The van der Waals surface area contributed by atoms with Crippen molar-refractivity contribution < 1.29 is 9.59 Å². The lowest BCUT2D eigenvalue weighted by atomic mass is 9.95. The number of anilines is 1. The van der Waals surface area contributed by atoms with Crippen molar-refractivity contribution in [3.05, 3.63) is 54.6 Å². The minimum atomic E-state index is -0.0376. The molecule has 24 heavy (non-hydrogen) atoms. The third-order valence-corrected chi connectivity index (χ3v) is 4.58. The van der Waals surface area contributed by atoms with Crippen molar-refractivity contribution >= 4 is 17.5 Å². The lowest BCUT2D eigenvalue weighted by Gasteiger charge is -2.30. The molecule has 0 unspecified atom stereocenters. The number of hydrogen-bond donors (Lipinski definition) is 1. The van der Waals surface area contributed by atoms with Gasteiger partial charge in [-0.3, -0.25) is 9.59 Å². The second-order valence-corrected chi connectivity index (χ2v) is 6.18. The van der Waals surface area contributed by atoms with Crippen LogP contribution in [0.15, 0.2) is 54.6 Å². The van der Waals surface area contributed by atoms with Crippen LogP contribution in [0.25, 0.3) is 11.1 Å². The van der Waals surface area contributed by atoms with Gasteiger partial charge in [0.1, 0.15) is 0 Å². The first kappa shape index (κ1) is 16.2. The summed E-state index contributed by atoms with van der Waals surface area (Å²) in [5.41, 5.74) is 2.94. The average Bonchev–Trinajstić information content (AvgIpc) is 2.63. The van der Waals surface area contributed by atoms with Crippen molar-refractivity contribution in [2.24, 2.45) is 5.92 Å². The number of rotatable bonds is 3. The molecule has 1 aliphatic rings. The summed E-state index contributed by atoms with van der Waals surface area (Å²) in [6.45, 7) is 2.90. The first-order chi connectivity index (χ1) is 11.6. The highest BCUT2D eigenvalue weighted by Crippen LogP contribution is 2.28. The Morgan fingerprint density at radius 1 is 0.958 bits per heavy atom. The van der Waals surface area contributed by atoms with E-state index < -0.39 is 0 Å². The number of benzene rings is 2. The summed E-state index contributed by atoms with van der Waals surface area (Å²) in [4.78, 5) is 25.8. The van der Waals surface area contributed by atoms with Crippen LogP contribution in [-0.2, 0) is 9.59 Å². The molecule has 0 spiro atoms. The number of amides is 2. The van der Waals surface area contributed by atoms with Gasteiger partial charge in [0, 0.05) is 37.2 Å². The standard InChI is InChI=1S/C20H22N2O2/c1-15(23)22-13-11-17(12-14-22)20(24)21-19-10-6-5-9-18(19)16-7-3-2-4-8-16/h2-10,17H,11-14H2,1H3,(H,21,24). The van der Waals surface area contributed by atoms with Gasteiger partial charge in [0.25, 0.3) is 0 Å². The maximum Gasteiger partial charge on any atom is 0.227 e. The molecule has 1 aliphatic heterocycles. The molecule has 2 amide bonds. The molecule has 2 aromatic carbocycles. The summed E-state index contributed by atoms with van der Waals surface area (Å²) >= 11 is 0. The second-order valence-electron chi connectivity index (χ2n) is 6.18. The van der Waals surface area contributed by atoms with Gasteiger partial charge in [0.2, 0.25) is 11.8 Å². The van der Waals surface area contributed by atoms with Crippen LogP contribution in [0.3, 0.4) is 0 Å². The fourth-order valence-corrected chi connectivity index (χ4v) is 3.15. The van der Waals surface area contributed by atoms with E-state index in [4.69, 9.17) is 0 Å². The lowest BCUT2D eigenvalue weighted by molar-refractivity contribution is -0.132. The first-order valence-corrected chi connectivity index (χ1v) is 8.36. The van der Waals surface area contributed by atoms with Gasteiger partial charge in [0.15, 0.2) is 0 Å². The van der Waals surface area contributed by atoms with E-state index in [9.17, 15) is 9.59 Å². The Morgan fingerprint density at radius 3 is 2.25 bits per heavy atom. The molecule has 2 aromatic rings. The van der Waals surface area contributed by atoms with E-state index >= 15 is 0 Å². The highest BCUT2D eigenvalue weighted by Gasteiger charge is 2.26. The summed E-state index contributed by atoms with van der Waals surface area (Å²) in [7, 11) is 0. The van der Waals surface area contributed by atoms with Crippen LogP contribution in [0.5, 0.6) is 0 Å². The maximum absolute atomic E-state index is 12.6. The number of nitrogens with zero attached hydrogens (tertiary/aromatic N) is 1. The van der Waals surface area contributed by atoms with Crippen LogP contribution < -0.4 is 5.32 Å². The Labute approximate surface area is 142 Å². The minimum Gasteiger partial charge on any atom is -0.343 e. The molecule has 4 heteroatoms. The highest BCUT2D eigenvalue weighted by molar-refractivity contribution is 5.96. The van der Waals surface area contributed by atoms with E-state index in [1.54, 1.807) is 6.92 Å². The van der Waals surface area contributed by atoms with E-state index in [-0.39, 0.29) is 17.7 Å². The van der Waals surface area contributed by atoms with E-state index in [0.29, 0.717) is 13.1 Å². The van der Waals surface area contributed by atoms with Crippen molar-refractivity contribution in [1.29, 1.82) is 0 Å². The number of hydrogen-bond acceptors (Lipinski definition) is 2. The van der Waals surface area contributed by atoms with E-state index in [0.717, 1.165) is 29.7 Å². The maximum atomic E-state index is 12.6. The molecular formula is C20H22N2O2. The molecule has 1 fully saturated rings. The molecule has 1 heterocycles. The molecule has 0 aromatic heterocycles. The topological polar surface area (TPSA) is 49.4 Å². The Morgan fingerprint density at radius 2 is 1.58 bits per heavy atom. The monoisotopic (exact) mass is 322 g/mol. The second kappa shape index (κ2) is 7.30. The van der Waals surface area contributed by atoms with Gasteiger partial charge in [-0.05, 0) is 24.5 Å². The van der Waals surface area contributed by atoms with Gasteiger partial charge >= 0.3 is 0 Å². The fraction of sp³-hybridized carbons (Fsp3) is 0.300. The molecule has 3 rings (SSSR count). The Hall–Kier alpha value is -2.62. The van der Waals surface area contributed by atoms with Gasteiger partial charge in [0.05, 0.1) is 0 Å². The normalized spacial score (nSPS) is 15.1. The van der Waals surface area contributed by atoms with Crippen molar-refractivity contribution in [1.82, 2.24) is 4.90 Å². The van der Waals surface area contributed by atoms with Gasteiger partial charge in [-0.1, -0.05) is 48.5 Å². The van der Waals surface area contributed by atoms with E-state index in [1.807, 2.05) is 59.5 Å². The molecule has 0 atom stereocenters. The van der Waals surface area contributed by atoms with E-state index in [1.165, 1.54) is 0 Å². The summed E-state index contributed by atoms with van der Waals surface area (Å²) in [6.07, 6.45) is 1.44. The number of carbonyl (C=O) groups excluding carboxylic acids is 2. The van der Waals surface area contributed by atoms with Crippen LogP contribution in [0.4, 0.5) is 5.69 Å². The van der Waals surface area contributed by atoms with Gasteiger partial charge < -0.3 is 10.2 Å². The lowest BCUT2D eigenvalue weighted by Crippen LogP contribution is -2.40. The minimum absolute atomic E-state index is 0.0376. The summed E-state index contributed by atoms with van der Waals surface area (Å²) in [5, 5.41) is 3.08. The molecule has 0 bridgehead atoms. The summed E-state index contributed by atoms with van der Waals surface area (Å²) < 4.78 is 0. The molecule has 4 nitrogen and oxygen atoms in total. The predicted molar refractivity (Wildman–Crippen MR) is 95.5 cm³/mol. The van der Waals surface area contributed by atoms with Gasteiger partial charge in [-0.2, -0.15) is 0 Å². The molecule has 1 saturated heterocycles. The molecule has 0 aliphatic carbocycles. The van der Waals surface area contributed by atoms with Crippen LogP contribution in [0.2, 0.25) is 0 Å². The smallest absolute Gasteiger partial charge is 0.227 e. The number of para-hydroxylation sites is 1. The Kier molecular flexibility index (Phi) is 4.94. The number of piperidine rings is 1. The molecular weight excluding hydrogens is 300 g/mol. The first-order valence-electron chi connectivity index (χ1n) is 8.36. The van der Waals surface area contributed by atoms with Crippen molar-refractivity contribution in [2.45, 2.75) is 19.8 Å². The van der Waals surface area contributed by atoms with Gasteiger partial charge in [-0.25, -0.2) is 0 Å². The SMILES string of the molecule is CC(=O)N1CCC(C(=O)Nc2ccccc2-c2ccccc2)CC1. The Bertz CT molecular complexity index is 719. The number of nitrogens with one attached hydrogen (secondary N) is 1. The van der Waals surface area contributed by atoms with Crippen molar-refractivity contribution in [2.75, 3.05) is 18.4 Å². The summed E-state index contributed by atoms with van der Waals surface area (Å²) in [5.74, 6) is 0.0919. The third kappa shape index (κ3) is 3.65. The van der Waals surface area contributed by atoms with Crippen LogP contribution in [0.1, 0.15) is 19.8 Å². The van der Waals surface area contributed by atoms with Crippen LogP contribution in [0, 0.1) is 5.92 Å².